The summed E-state index contributed by atoms with van der Waals surface area (Å²) in [5, 5.41) is 9.21. The molecule has 1 heterocycles. The molecule has 0 radical (unpaired) electrons. The number of rotatable bonds is 3. The number of carbonyl (C=O) groups is 2. The molecule has 2 aromatic carbocycles. The van der Waals surface area contributed by atoms with E-state index in [-0.39, 0.29) is 23.4 Å². The summed E-state index contributed by atoms with van der Waals surface area (Å²) >= 11 is 0.924. The number of hydrogen-bond acceptors (Lipinski definition) is 4. The number of imide groups is 1. The molecule has 1 aliphatic heterocycles. The number of phenols is 1. The average molecular weight is 325 g/mol. The number of aromatic hydroxyl groups is 1. The molecule has 0 aromatic heterocycles. The van der Waals surface area contributed by atoms with Gasteiger partial charge in [-0.05, 0) is 53.6 Å². The van der Waals surface area contributed by atoms with E-state index in [2.05, 4.69) is 0 Å². The molecule has 0 atom stereocenters. The van der Waals surface area contributed by atoms with Gasteiger partial charge in [-0.25, -0.2) is 0 Å². The Bertz CT molecular complexity index is 813. The van der Waals surface area contributed by atoms with Crippen LogP contribution in [-0.4, -0.2) is 21.2 Å². The molecule has 23 heavy (non-hydrogen) atoms. The van der Waals surface area contributed by atoms with Crippen molar-refractivity contribution in [2.75, 3.05) is 0 Å². The fraction of sp³-hybridized carbons (Fsp3) is 0.111. The van der Waals surface area contributed by atoms with Crippen LogP contribution in [0.1, 0.15) is 16.7 Å². The maximum absolute atomic E-state index is 12.5. The Kier molecular flexibility index (Phi) is 4.21. The van der Waals surface area contributed by atoms with Gasteiger partial charge < -0.3 is 5.11 Å². The number of phenolic OH excluding ortho intramolecular Hbond substituents is 1. The lowest BCUT2D eigenvalue weighted by atomic mass is 10.1. The Labute approximate surface area is 138 Å². The standard InChI is InChI=1S/C18H15NO3S/c1-12-5-2-3-7-14(12)11-19-17(21)16(23-18(19)22)10-13-6-4-8-15(20)9-13/h2-10,20H,11H2,1H3/b16-10-. The summed E-state index contributed by atoms with van der Waals surface area (Å²) in [6.07, 6.45) is 1.63. The van der Waals surface area contributed by atoms with Gasteiger partial charge in [0.05, 0.1) is 11.4 Å². The van der Waals surface area contributed by atoms with Crippen molar-refractivity contribution in [2.24, 2.45) is 0 Å². The van der Waals surface area contributed by atoms with Gasteiger partial charge in [0.1, 0.15) is 5.75 Å². The number of hydrogen-bond donors (Lipinski definition) is 1. The van der Waals surface area contributed by atoms with Crippen LogP contribution in [0.25, 0.3) is 6.08 Å². The van der Waals surface area contributed by atoms with Crippen molar-refractivity contribution in [3.05, 3.63) is 70.1 Å². The molecule has 4 nitrogen and oxygen atoms in total. The van der Waals surface area contributed by atoms with Crippen molar-refractivity contribution >= 4 is 29.0 Å². The second-order valence-electron chi connectivity index (χ2n) is 5.29. The molecule has 0 spiro atoms. The molecule has 0 bridgehead atoms. The fourth-order valence-corrected chi connectivity index (χ4v) is 3.20. The number of nitrogens with zero attached hydrogens (tertiary/aromatic N) is 1. The van der Waals surface area contributed by atoms with Gasteiger partial charge >= 0.3 is 0 Å². The lowest BCUT2D eigenvalue weighted by Gasteiger charge is -2.14. The van der Waals surface area contributed by atoms with Crippen LogP contribution in [0.2, 0.25) is 0 Å². The van der Waals surface area contributed by atoms with E-state index in [0.717, 1.165) is 22.9 Å². The Morgan fingerprint density at radius 3 is 2.65 bits per heavy atom. The summed E-state index contributed by atoms with van der Waals surface area (Å²) in [5.74, 6) is -0.176. The third-order valence-corrected chi connectivity index (χ3v) is 4.54. The Hall–Kier alpha value is -2.53. The number of carbonyl (C=O) groups excluding carboxylic acids is 2. The second-order valence-corrected chi connectivity index (χ2v) is 6.28. The zero-order valence-electron chi connectivity index (χ0n) is 12.5. The van der Waals surface area contributed by atoms with Crippen molar-refractivity contribution in [1.29, 1.82) is 0 Å². The molecule has 1 N–H and O–H groups in total. The van der Waals surface area contributed by atoms with Gasteiger partial charge in [0.2, 0.25) is 0 Å². The van der Waals surface area contributed by atoms with Gasteiger partial charge in [-0.2, -0.15) is 0 Å². The second kappa shape index (κ2) is 6.30. The van der Waals surface area contributed by atoms with E-state index in [4.69, 9.17) is 0 Å². The van der Waals surface area contributed by atoms with E-state index in [0.29, 0.717) is 10.5 Å². The van der Waals surface area contributed by atoms with Gasteiger partial charge in [-0.15, -0.1) is 0 Å². The number of thioether (sulfide) groups is 1. The highest BCUT2D eigenvalue weighted by Crippen LogP contribution is 2.33. The molecule has 0 unspecified atom stereocenters. The summed E-state index contributed by atoms with van der Waals surface area (Å²) < 4.78 is 0. The van der Waals surface area contributed by atoms with Crippen LogP contribution in [0.3, 0.4) is 0 Å². The monoisotopic (exact) mass is 325 g/mol. The van der Waals surface area contributed by atoms with Crippen molar-refractivity contribution in [3.63, 3.8) is 0 Å². The van der Waals surface area contributed by atoms with Crippen LogP contribution in [-0.2, 0) is 11.3 Å². The molecule has 1 aliphatic rings. The maximum Gasteiger partial charge on any atom is 0.293 e. The molecule has 0 aliphatic carbocycles. The molecule has 0 saturated carbocycles. The quantitative estimate of drug-likeness (QED) is 0.869. The number of aryl methyl sites for hydroxylation is 1. The highest BCUT2D eigenvalue weighted by molar-refractivity contribution is 8.18. The summed E-state index contributed by atoms with van der Waals surface area (Å²) in [7, 11) is 0. The molecular weight excluding hydrogens is 310 g/mol. The van der Waals surface area contributed by atoms with E-state index < -0.39 is 0 Å². The molecule has 1 saturated heterocycles. The predicted octanol–water partition coefficient (Wildman–Crippen LogP) is 3.94. The molecular formula is C18H15NO3S. The van der Waals surface area contributed by atoms with Gasteiger partial charge in [-0.3, -0.25) is 14.5 Å². The minimum Gasteiger partial charge on any atom is -0.508 e. The highest BCUT2D eigenvalue weighted by Gasteiger charge is 2.35. The highest BCUT2D eigenvalue weighted by atomic mass is 32.2. The fourth-order valence-electron chi connectivity index (χ4n) is 2.36. The number of amides is 2. The zero-order valence-corrected chi connectivity index (χ0v) is 13.3. The zero-order chi connectivity index (χ0) is 16.4. The smallest absolute Gasteiger partial charge is 0.293 e. The summed E-state index contributed by atoms with van der Waals surface area (Å²) in [6.45, 7) is 2.23. The van der Waals surface area contributed by atoms with Crippen molar-refractivity contribution < 1.29 is 14.7 Å². The lowest BCUT2D eigenvalue weighted by Crippen LogP contribution is -2.27. The Morgan fingerprint density at radius 1 is 1.13 bits per heavy atom. The molecule has 3 rings (SSSR count). The first-order valence-electron chi connectivity index (χ1n) is 7.13. The van der Waals surface area contributed by atoms with Crippen molar-refractivity contribution in [2.45, 2.75) is 13.5 Å². The van der Waals surface area contributed by atoms with Crippen LogP contribution in [0.4, 0.5) is 4.79 Å². The van der Waals surface area contributed by atoms with Gasteiger partial charge in [0.15, 0.2) is 0 Å². The molecule has 2 aromatic rings. The molecule has 1 fully saturated rings. The molecule has 2 amide bonds. The summed E-state index contributed by atoms with van der Waals surface area (Å²) in [5.41, 5.74) is 2.68. The van der Waals surface area contributed by atoms with Crippen LogP contribution in [0.15, 0.2) is 53.4 Å². The topological polar surface area (TPSA) is 57.6 Å². The van der Waals surface area contributed by atoms with Crippen LogP contribution < -0.4 is 0 Å². The van der Waals surface area contributed by atoms with E-state index >= 15 is 0 Å². The van der Waals surface area contributed by atoms with Gasteiger partial charge in [-0.1, -0.05) is 36.4 Å². The van der Waals surface area contributed by atoms with Crippen LogP contribution >= 0.6 is 11.8 Å². The maximum atomic E-state index is 12.5. The van der Waals surface area contributed by atoms with E-state index in [1.54, 1.807) is 30.3 Å². The largest absolute Gasteiger partial charge is 0.508 e. The number of benzene rings is 2. The lowest BCUT2D eigenvalue weighted by molar-refractivity contribution is -0.123. The normalized spacial score (nSPS) is 16.4. The van der Waals surface area contributed by atoms with E-state index in [9.17, 15) is 14.7 Å². The molecule has 116 valence electrons. The van der Waals surface area contributed by atoms with E-state index in [1.807, 2.05) is 31.2 Å². The minimum atomic E-state index is -0.299. The van der Waals surface area contributed by atoms with E-state index in [1.165, 1.54) is 4.90 Å². The van der Waals surface area contributed by atoms with Gasteiger partial charge in [0, 0.05) is 0 Å². The first-order chi connectivity index (χ1) is 11.0. The third-order valence-electron chi connectivity index (χ3n) is 3.63. The molecule has 5 heteroatoms. The van der Waals surface area contributed by atoms with Crippen molar-refractivity contribution in [1.82, 2.24) is 4.90 Å². The first kappa shape index (κ1) is 15.4. The average Bonchev–Trinajstić information content (AvgIpc) is 2.77. The predicted molar refractivity (Wildman–Crippen MR) is 90.8 cm³/mol. The van der Waals surface area contributed by atoms with Gasteiger partial charge in [0.25, 0.3) is 11.1 Å². The summed E-state index contributed by atoms with van der Waals surface area (Å²) in [6, 6.07) is 14.3. The minimum absolute atomic E-state index is 0.123. The van der Waals surface area contributed by atoms with Crippen LogP contribution in [0.5, 0.6) is 5.75 Å². The SMILES string of the molecule is Cc1ccccc1CN1C(=O)S/C(=C\c2cccc(O)c2)C1=O. The Morgan fingerprint density at radius 2 is 1.91 bits per heavy atom. The Balaban J connectivity index is 1.84. The third kappa shape index (κ3) is 3.29. The first-order valence-corrected chi connectivity index (χ1v) is 7.95. The van der Waals surface area contributed by atoms with Crippen molar-refractivity contribution in [3.8, 4) is 5.75 Å². The van der Waals surface area contributed by atoms with Crippen LogP contribution in [0, 0.1) is 6.92 Å². The summed E-state index contributed by atoms with van der Waals surface area (Å²) in [4.78, 5) is 26.2.